The van der Waals surface area contributed by atoms with E-state index in [1.165, 1.54) is 32.1 Å². The largest absolute Gasteiger partial charge is 0.386 e. The van der Waals surface area contributed by atoms with Gasteiger partial charge >= 0.3 is 0 Å². The van der Waals surface area contributed by atoms with Gasteiger partial charge in [0.1, 0.15) is 6.17 Å². The molecule has 0 heterocycles. The minimum Gasteiger partial charge on any atom is -0.386 e. The number of allylic oxidation sites excluding steroid dienone is 1. The number of halogens is 1. The molecule has 2 aliphatic rings. The molecule has 0 spiro atoms. The van der Waals surface area contributed by atoms with Gasteiger partial charge in [0, 0.05) is 17.7 Å². The number of hydrogen-bond donors (Lipinski definition) is 1. The zero-order chi connectivity index (χ0) is 10.8. The average molecular weight is 211 g/mol. The highest BCUT2D eigenvalue weighted by Gasteiger charge is 2.40. The molecule has 2 rings (SSSR count). The standard InChI is InChI=1S/C13H22FN/c1-3-10-4-6-11(7-5-10)15-9(2)12-8-13(12)14/h10-13,15H,2-8H2,1H3/t10?,11?,12-,13?/m1/s1. The van der Waals surface area contributed by atoms with Gasteiger partial charge in [-0.15, -0.1) is 0 Å². The topological polar surface area (TPSA) is 12.0 Å². The summed E-state index contributed by atoms with van der Waals surface area (Å²) in [7, 11) is 0. The van der Waals surface area contributed by atoms with Crippen LogP contribution in [0.25, 0.3) is 0 Å². The second-order valence-electron chi connectivity index (χ2n) is 5.15. The lowest BCUT2D eigenvalue weighted by Gasteiger charge is -2.29. The lowest BCUT2D eigenvalue weighted by atomic mass is 9.84. The summed E-state index contributed by atoms with van der Waals surface area (Å²) >= 11 is 0. The predicted octanol–water partition coefficient (Wildman–Crippen LogP) is 3.42. The number of alkyl halides is 1. The van der Waals surface area contributed by atoms with Crippen LogP contribution in [-0.2, 0) is 0 Å². The van der Waals surface area contributed by atoms with E-state index in [0.717, 1.165) is 11.6 Å². The highest BCUT2D eigenvalue weighted by Crippen LogP contribution is 2.39. The molecule has 0 bridgehead atoms. The molecule has 2 heteroatoms. The van der Waals surface area contributed by atoms with Gasteiger partial charge in [0.25, 0.3) is 0 Å². The minimum absolute atomic E-state index is 0.119. The van der Waals surface area contributed by atoms with E-state index in [4.69, 9.17) is 0 Å². The van der Waals surface area contributed by atoms with E-state index in [9.17, 15) is 4.39 Å². The van der Waals surface area contributed by atoms with Crippen LogP contribution >= 0.6 is 0 Å². The Morgan fingerprint density at radius 3 is 2.40 bits per heavy atom. The van der Waals surface area contributed by atoms with E-state index < -0.39 is 6.17 Å². The van der Waals surface area contributed by atoms with Crippen molar-refractivity contribution in [2.24, 2.45) is 11.8 Å². The van der Waals surface area contributed by atoms with Gasteiger partial charge < -0.3 is 5.32 Å². The fourth-order valence-electron chi connectivity index (χ4n) is 2.61. The van der Waals surface area contributed by atoms with Crippen molar-refractivity contribution in [1.29, 1.82) is 0 Å². The summed E-state index contributed by atoms with van der Waals surface area (Å²) in [5.41, 5.74) is 0.947. The Balaban J connectivity index is 1.70. The maximum atomic E-state index is 12.8. The molecule has 0 saturated heterocycles. The van der Waals surface area contributed by atoms with Gasteiger partial charge in [0.2, 0.25) is 0 Å². The van der Waals surface area contributed by atoms with Crippen LogP contribution in [-0.4, -0.2) is 12.2 Å². The molecule has 2 atom stereocenters. The SMILES string of the molecule is C=C(NC1CCC(CC)CC1)[C@H]1CC1F. The van der Waals surface area contributed by atoms with Crippen molar-refractivity contribution in [3.8, 4) is 0 Å². The van der Waals surface area contributed by atoms with Crippen molar-refractivity contribution in [3.63, 3.8) is 0 Å². The van der Waals surface area contributed by atoms with Crippen molar-refractivity contribution in [3.05, 3.63) is 12.3 Å². The van der Waals surface area contributed by atoms with Crippen LogP contribution in [0.4, 0.5) is 4.39 Å². The van der Waals surface area contributed by atoms with Gasteiger partial charge in [0.15, 0.2) is 0 Å². The van der Waals surface area contributed by atoms with Crippen LogP contribution in [0.1, 0.15) is 45.4 Å². The Hall–Kier alpha value is -0.530. The van der Waals surface area contributed by atoms with Crippen LogP contribution < -0.4 is 5.32 Å². The minimum atomic E-state index is -0.614. The molecule has 1 N–H and O–H groups in total. The Bertz CT molecular complexity index is 231. The monoisotopic (exact) mass is 211 g/mol. The Labute approximate surface area is 92.1 Å². The molecule has 1 nitrogen and oxygen atoms in total. The van der Waals surface area contributed by atoms with Crippen LogP contribution in [0.2, 0.25) is 0 Å². The third-order valence-electron chi connectivity index (χ3n) is 3.97. The zero-order valence-electron chi connectivity index (χ0n) is 9.64. The molecule has 0 aliphatic heterocycles. The lowest BCUT2D eigenvalue weighted by Crippen LogP contribution is -2.33. The van der Waals surface area contributed by atoms with E-state index in [-0.39, 0.29) is 5.92 Å². The highest BCUT2D eigenvalue weighted by atomic mass is 19.1. The number of rotatable bonds is 4. The third kappa shape index (κ3) is 2.73. The molecule has 0 aromatic rings. The van der Waals surface area contributed by atoms with E-state index in [1.54, 1.807) is 0 Å². The molecule has 0 radical (unpaired) electrons. The van der Waals surface area contributed by atoms with Gasteiger partial charge in [-0.1, -0.05) is 19.9 Å². The Morgan fingerprint density at radius 1 is 1.33 bits per heavy atom. The molecular formula is C13H22FN. The Morgan fingerprint density at radius 2 is 1.93 bits per heavy atom. The molecule has 0 amide bonds. The van der Waals surface area contributed by atoms with Gasteiger partial charge in [0.05, 0.1) is 0 Å². The normalized spacial score (nSPS) is 39.9. The maximum Gasteiger partial charge on any atom is 0.109 e. The van der Waals surface area contributed by atoms with Crippen molar-refractivity contribution in [1.82, 2.24) is 5.32 Å². The first kappa shape index (κ1) is 11.0. The first-order valence-electron chi connectivity index (χ1n) is 6.30. The van der Waals surface area contributed by atoms with Gasteiger partial charge in [-0.05, 0) is 38.0 Å². The quantitative estimate of drug-likeness (QED) is 0.751. The van der Waals surface area contributed by atoms with Crippen LogP contribution in [0.15, 0.2) is 12.3 Å². The van der Waals surface area contributed by atoms with Crippen molar-refractivity contribution in [2.75, 3.05) is 0 Å². The summed E-state index contributed by atoms with van der Waals surface area (Å²) in [5, 5.41) is 3.42. The summed E-state index contributed by atoms with van der Waals surface area (Å²) in [6.45, 7) is 6.22. The smallest absolute Gasteiger partial charge is 0.109 e. The number of hydrogen-bond acceptors (Lipinski definition) is 1. The summed E-state index contributed by atoms with van der Waals surface area (Å²) in [5.74, 6) is 1.04. The first-order chi connectivity index (χ1) is 7.20. The zero-order valence-corrected chi connectivity index (χ0v) is 9.64. The van der Waals surface area contributed by atoms with E-state index in [1.807, 2.05) is 0 Å². The lowest BCUT2D eigenvalue weighted by molar-refractivity contribution is 0.294. The van der Waals surface area contributed by atoms with Gasteiger partial charge in [-0.3, -0.25) is 0 Å². The van der Waals surface area contributed by atoms with E-state index in [0.29, 0.717) is 12.5 Å². The van der Waals surface area contributed by atoms with Gasteiger partial charge in [-0.2, -0.15) is 0 Å². The highest BCUT2D eigenvalue weighted by molar-refractivity contribution is 5.12. The van der Waals surface area contributed by atoms with Gasteiger partial charge in [-0.25, -0.2) is 4.39 Å². The molecule has 2 fully saturated rings. The fraction of sp³-hybridized carbons (Fsp3) is 0.846. The van der Waals surface area contributed by atoms with Crippen molar-refractivity contribution in [2.45, 2.75) is 57.7 Å². The molecular weight excluding hydrogens is 189 g/mol. The molecule has 86 valence electrons. The molecule has 15 heavy (non-hydrogen) atoms. The fourth-order valence-corrected chi connectivity index (χ4v) is 2.61. The summed E-state index contributed by atoms with van der Waals surface area (Å²) in [4.78, 5) is 0. The molecule has 0 aromatic carbocycles. The van der Waals surface area contributed by atoms with Crippen molar-refractivity contribution >= 4 is 0 Å². The second-order valence-corrected chi connectivity index (χ2v) is 5.15. The van der Waals surface area contributed by atoms with E-state index >= 15 is 0 Å². The van der Waals surface area contributed by atoms with Crippen LogP contribution in [0.3, 0.4) is 0 Å². The predicted molar refractivity (Wildman–Crippen MR) is 61.3 cm³/mol. The van der Waals surface area contributed by atoms with E-state index in [2.05, 4.69) is 18.8 Å². The second kappa shape index (κ2) is 4.54. The van der Waals surface area contributed by atoms with Crippen LogP contribution in [0, 0.1) is 11.8 Å². The number of nitrogens with one attached hydrogen (secondary N) is 1. The molecule has 1 unspecified atom stereocenters. The van der Waals surface area contributed by atoms with Crippen LogP contribution in [0.5, 0.6) is 0 Å². The average Bonchev–Trinajstić information content (AvgIpc) is 2.97. The Kier molecular flexibility index (Phi) is 3.32. The summed E-state index contributed by atoms with van der Waals surface area (Å²) < 4.78 is 12.8. The molecule has 2 saturated carbocycles. The molecule has 0 aromatic heterocycles. The first-order valence-corrected chi connectivity index (χ1v) is 6.30. The third-order valence-corrected chi connectivity index (χ3v) is 3.97. The summed E-state index contributed by atoms with van der Waals surface area (Å²) in [6, 6.07) is 0.563. The maximum absolute atomic E-state index is 12.8. The summed E-state index contributed by atoms with van der Waals surface area (Å²) in [6.07, 6.45) is 6.51. The van der Waals surface area contributed by atoms with Crippen molar-refractivity contribution < 1.29 is 4.39 Å². The molecule has 2 aliphatic carbocycles.